The summed E-state index contributed by atoms with van der Waals surface area (Å²) < 4.78 is 0. The molecule has 0 unspecified atom stereocenters. The number of carboxylic acid groups (broad SMARTS) is 1. The lowest BCUT2D eigenvalue weighted by Crippen LogP contribution is -2.07. The number of rotatable bonds is 4. The Hall–Kier alpha value is -3.52. The van der Waals surface area contributed by atoms with Crippen molar-refractivity contribution in [2.75, 3.05) is 5.32 Å². The number of benzene rings is 2. The molecule has 28 heavy (non-hydrogen) atoms. The van der Waals surface area contributed by atoms with Crippen molar-refractivity contribution in [3.8, 4) is 0 Å². The minimum atomic E-state index is -1.09. The topological polar surface area (TPSA) is 115 Å². The maximum Gasteiger partial charge on any atom is 0.337 e. The van der Waals surface area contributed by atoms with E-state index in [-0.39, 0.29) is 22.5 Å². The van der Waals surface area contributed by atoms with Gasteiger partial charge in [0.1, 0.15) is 5.52 Å². The zero-order valence-corrected chi connectivity index (χ0v) is 15.5. The van der Waals surface area contributed by atoms with Gasteiger partial charge in [0.05, 0.1) is 5.56 Å². The number of aromatic carboxylic acids is 1. The second-order valence-electron chi connectivity index (χ2n) is 6.23. The lowest BCUT2D eigenvalue weighted by atomic mass is 10.1. The lowest BCUT2D eigenvalue weighted by molar-refractivity contribution is -0.114. The van der Waals surface area contributed by atoms with E-state index in [0.717, 1.165) is 9.79 Å². The summed E-state index contributed by atoms with van der Waals surface area (Å²) in [5.74, 6) is -1.22. The molecule has 7 nitrogen and oxygen atoms in total. The van der Waals surface area contributed by atoms with Crippen LogP contribution in [0, 0.1) is 0 Å². The Balaban J connectivity index is 1.77. The van der Waals surface area contributed by atoms with Crippen LogP contribution in [0.15, 0.2) is 63.2 Å². The van der Waals surface area contributed by atoms with E-state index in [9.17, 15) is 19.5 Å². The van der Waals surface area contributed by atoms with Crippen LogP contribution in [0.1, 0.15) is 17.3 Å². The highest BCUT2D eigenvalue weighted by molar-refractivity contribution is 7.99. The number of amides is 1. The van der Waals surface area contributed by atoms with Crippen LogP contribution >= 0.6 is 11.8 Å². The van der Waals surface area contributed by atoms with Crippen LogP contribution < -0.4 is 10.9 Å². The number of nitrogens with one attached hydrogen (secondary N) is 3. The summed E-state index contributed by atoms with van der Waals surface area (Å²) in [5, 5.41) is 13.2. The van der Waals surface area contributed by atoms with E-state index in [2.05, 4.69) is 15.3 Å². The molecule has 4 rings (SSSR count). The van der Waals surface area contributed by atoms with Crippen molar-refractivity contribution in [1.29, 1.82) is 0 Å². The predicted molar refractivity (Wildman–Crippen MR) is 108 cm³/mol. The Bertz CT molecular complexity index is 1290. The lowest BCUT2D eigenvalue weighted by Gasteiger charge is -2.07. The van der Waals surface area contributed by atoms with Gasteiger partial charge in [-0.25, -0.2) is 4.79 Å². The van der Waals surface area contributed by atoms with E-state index in [1.54, 1.807) is 6.07 Å². The van der Waals surface area contributed by atoms with Crippen molar-refractivity contribution in [2.24, 2.45) is 0 Å². The zero-order valence-electron chi connectivity index (χ0n) is 14.7. The van der Waals surface area contributed by atoms with Gasteiger partial charge < -0.3 is 20.4 Å². The van der Waals surface area contributed by atoms with E-state index in [4.69, 9.17) is 0 Å². The number of hydrogen-bond donors (Lipinski definition) is 4. The first kappa shape index (κ1) is 17.9. The van der Waals surface area contributed by atoms with Crippen molar-refractivity contribution in [2.45, 2.75) is 16.7 Å². The number of pyridine rings is 1. The molecule has 2 aromatic carbocycles. The molecule has 140 valence electrons. The summed E-state index contributed by atoms with van der Waals surface area (Å²) in [6.07, 6.45) is 1.34. The van der Waals surface area contributed by atoms with Gasteiger partial charge in [0, 0.05) is 44.9 Å². The van der Waals surface area contributed by atoms with Crippen molar-refractivity contribution in [3.05, 3.63) is 64.6 Å². The average Bonchev–Trinajstić information content (AvgIpc) is 3.10. The fourth-order valence-corrected chi connectivity index (χ4v) is 3.94. The van der Waals surface area contributed by atoms with E-state index < -0.39 is 5.97 Å². The van der Waals surface area contributed by atoms with Gasteiger partial charge in [0.15, 0.2) is 0 Å². The molecule has 0 fully saturated rings. The molecule has 0 saturated heterocycles. The molecule has 0 bridgehead atoms. The number of carbonyl (C=O) groups is 2. The van der Waals surface area contributed by atoms with Crippen LogP contribution in [0.25, 0.3) is 21.8 Å². The molecule has 0 spiro atoms. The summed E-state index contributed by atoms with van der Waals surface area (Å²) in [7, 11) is 0. The summed E-state index contributed by atoms with van der Waals surface area (Å²) in [6.45, 7) is 1.45. The number of anilines is 1. The van der Waals surface area contributed by atoms with Crippen LogP contribution in [-0.4, -0.2) is 27.0 Å². The maximum atomic E-state index is 12.2. The molecule has 0 atom stereocenters. The number of aromatic nitrogens is 2. The van der Waals surface area contributed by atoms with E-state index >= 15 is 0 Å². The van der Waals surface area contributed by atoms with Crippen molar-refractivity contribution >= 4 is 51.1 Å². The molecule has 1 amide bonds. The van der Waals surface area contributed by atoms with Crippen LogP contribution in [-0.2, 0) is 4.79 Å². The van der Waals surface area contributed by atoms with Gasteiger partial charge >= 0.3 is 5.97 Å². The molecule has 0 aliphatic heterocycles. The molecule has 2 heterocycles. The molecule has 8 heteroatoms. The smallest absolute Gasteiger partial charge is 0.337 e. The molecular weight excluding hydrogens is 378 g/mol. The van der Waals surface area contributed by atoms with Gasteiger partial charge in [-0.1, -0.05) is 11.8 Å². The largest absolute Gasteiger partial charge is 0.478 e. The first-order valence-electron chi connectivity index (χ1n) is 8.38. The first-order chi connectivity index (χ1) is 13.4. The van der Waals surface area contributed by atoms with Crippen molar-refractivity contribution < 1.29 is 14.7 Å². The number of fused-ring (bicyclic) bond motifs is 3. The minimum absolute atomic E-state index is 0.0629. The number of carbonyl (C=O) groups excluding carboxylic acids is 1. The summed E-state index contributed by atoms with van der Waals surface area (Å²) in [6, 6.07) is 12.9. The predicted octanol–water partition coefficient (Wildman–Crippen LogP) is 3.82. The molecule has 0 radical (unpaired) electrons. The molecule has 0 saturated carbocycles. The molecule has 2 aromatic heterocycles. The minimum Gasteiger partial charge on any atom is -0.478 e. The average molecular weight is 393 g/mol. The third-order valence-electron chi connectivity index (χ3n) is 4.26. The molecule has 4 aromatic rings. The fraction of sp³-hybridized carbons (Fsp3) is 0.0500. The maximum absolute atomic E-state index is 12.2. The molecule has 0 aliphatic rings. The second kappa shape index (κ2) is 6.90. The Labute approximate surface area is 162 Å². The van der Waals surface area contributed by atoms with Crippen molar-refractivity contribution in [1.82, 2.24) is 9.97 Å². The Morgan fingerprint density at radius 1 is 1.07 bits per heavy atom. The molecule has 4 N–H and O–H groups in total. The normalized spacial score (nSPS) is 11.0. The van der Waals surface area contributed by atoms with Gasteiger partial charge in [0.2, 0.25) is 5.91 Å². The third-order valence-corrected chi connectivity index (χ3v) is 5.25. The standard InChI is InChI=1S/C20H15N3O4S/c1-10(24)22-11-2-4-12(5-3-11)28-13-6-7-16-14(8-13)17-15(20(26)27)9-21-18(17)19(25)23-16/h2-9,21H,1H3,(H,22,24)(H,23,25)(H,26,27). The Morgan fingerprint density at radius 3 is 2.46 bits per heavy atom. The third kappa shape index (κ3) is 3.25. The summed E-state index contributed by atoms with van der Waals surface area (Å²) >= 11 is 1.50. The van der Waals surface area contributed by atoms with E-state index in [0.29, 0.717) is 22.0 Å². The monoisotopic (exact) mass is 393 g/mol. The zero-order chi connectivity index (χ0) is 19.8. The molecular formula is C20H15N3O4S. The van der Waals surface area contributed by atoms with E-state index in [1.807, 2.05) is 36.4 Å². The van der Waals surface area contributed by atoms with Gasteiger partial charge in [0.25, 0.3) is 5.56 Å². The summed E-state index contributed by atoms with van der Waals surface area (Å²) in [5.41, 5.74) is 1.24. The van der Waals surface area contributed by atoms with Gasteiger partial charge in [-0.05, 0) is 42.5 Å². The van der Waals surface area contributed by atoms with Gasteiger partial charge in [-0.15, -0.1) is 0 Å². The van der Waals surface area contributed by atoms with Gasteiger partial charge in [-0.3, -0.25) is 9.59 Å². The van der Waals surface area contributed by atoms with Crippen LogP contribution in [0.2, 0.25) is 0 Å². The number of hydrogen-bond acceptors (Lipinski definition) is 4. The fourth-order valence-electron chi connectivity index (χ4n) is 3.08. The quantitative estimate of drug-likeness (QED) is 0.421. The van der Waals surface area contributed by atoms with E-state index in [1.165, 1.54) is 24.9 Å². The molecule has 0 aliphatic carbocycles. The van der Waals surface area contributed by atoms with Crippen LogP contribution in [0.5, 0.6) is 0 Å². The SMILES string of the molecule is CC(=O)Nc1ccc(Sc2ccc3[nH]c(=O)c4[nH]cc(C(=O)O)c4c3c2)cc1. The Kier molecular flexibility index (Phi) is 4.40. The van der Waals surface area contributed by atoms with Crippen LogP contribution in [0.3, 0.4) is 0 Å². The number of H-pyrrole nitrogens is 2. The second-order valence-corrected chi connectivity index (χ2v) is 7.37. The highest BCUT2D eigenvalue weighted by Crippen LogP contribution is 2.33. The highest BCUT2D eigenvalue weighted by atomic mass is 32.2. The number of carboxylic acids is 1. The Morgan fingerprint density at radius 2 is 1.79 bits per heavy atom. The highest BCUT2D eigenvalue weighted by Gasteiger charge is 2.16. The summed E-state index contributed by atoms with van der Waals surface area (Å²) in [4.78, 5) is 42.2. The number of aromatic amines is 2. The van der Waals surface area contributed by atoms with Crippen molar-refractivity contribution in [3.63, 3.8) is 0 Å². The van der Waals surface area contributed by atoms with Crippen LogP contribution in [0.4, 0.5) is 5.69 Å². The van der Waals surface area contributed by atoms with Gasteiger partial charge in [-0.2, -0.15) is 0 Å². The first-order valence-corrected chi connectivity index (χ1v) is 9.20.